The summed E-state index contributed by atoms with van der Waals surface area (Å²) in [6, 6.07) is 7.08. The van der Waals surface area contributed by atoms with E-state index in [0.717, 1.165) is 11.3 Å². The van der Waals surface area contributed by atoms with E-state index in [2.05, 4.69) is 10.1 Å². The maximum Gasteiger partial charge on any atom is 0.350 e. The normalized spacial score (nSPS) is 10.0. The van der Waals surface area contributed by atoms with Gasteiger partial charge in [0, 0.05) is 6.07 Å². The molecule has 1 aromatic carbocycles. The predicted molar refractivity (Wildman–Crippen MR) is 76.2 cm³/mol. The van der Waals surface area contributed by atoms with Gasteiger partial charge in [-0.2, -0.15) is 0 Å². The third kappa shape index (κ3) is 4.03. The van der Waals surface area contributed by atoms with Gasteiger partial charge in [-0.05, 0) is 23.6 Å². The average Bonchev–Trinajstić information content (AvgIpc) is 2.92. The number of thiophene rings is 1. The van der Waals surface area contributed by atoms with Crippen molar-refractivity contribution >= 4 is 28.9 Å². The molecule has 1 heterocycles. The average molecular weight is 309 g/mol. The Bertz CT molecular complexity index is 656. The van der Waals surface area contributed by atoms with Crippen LogP contribution < -0.4 is 10.1 Å². The highest BCUT2D eigenvalue weighted by molar-refractivity contribution is 7.12. The second-order valence-electron chi connectivity index (χ2n) is 3.95. The number of rotatable bonds is 5. The largest absolute Gasteiger partial charge is 0.484 e. The summed E-state index contributed by atoms with van der Waals surface area (Å²) in [5.41, 5.74) is 0.361. The van der Waals surface area contributed by atoms with Crippen molar-refractivity contribution in [3.05, 3.63) is 46.4 Å². The maximum atomic E-state index is 12.9. The summed E-state index contributed by atoms with van der Waals surface area (Å²) in [5, 5.41) is 4.20. The van der Waals surface area contributed by atoms with Gasteiger partial charge in [-0.15, -0.1) is 11.3 Å². The molecule has 0 unspecified atom stereocenters. The molecule has 0 spiro atoms. The van der Waals surface area contributed by atoms with E-state index in [9.17, 15) is 14.0 Å². The second-order valence-corrected chi connectivity index (χ2v) is 4.87. The molecule has 5 nitrogen and oxygen atoms in total. The van der Waals surface area contributed by atoms with E-state index in [1.807, 2.05) is 0 Å². The van der Waals surface area contributed by atoms with Crippen molar-refractivity contribution in [3.63, 3.8) is 0 Å². The molecule has 7 heteroatoms. The summed E-state index contributed by atoms with van der Waals surface area (Å²) < 4.78 is 22.7. The molecule has 1 amide bonds. The Morgan fingerprint density at radius 1 is 1.33 bits per heavy atom. The van der Waals surface area contributed by atoms with Crippen LogP contribution in [-0.2, 0) is 9.53 Å². The van der Waals surface area contributed by atoms with Crippen molar-refractivity contribution in [2.45, 2.75) is 0 Å². The second kappa shape index (κ2) is 6.85. The van der Waals surface area contributed by atoms with Crippen molar-refractivity contribution in [1.82, 2.24) is 0 Å². The summed E-state index contributed by atoms with van der Waals surface area (Å²) in [6.07, 6.45) is 0. The molecular formula is C14H12FNO4S. The quantitative estimate of drug-likeness (QED) is 0.863. The van der Waals surface area contributed by atoms with E-state index < -0.39 is 17.7 Å². The minimum atomic E-state index is -0.522. The molecule has 0 fully saturated rings. The molecule has 0 aliphatic heterocycles. The standard InChI is InChI=1S/C14H12FNO4S/c1-19-14(18)13-11(5-6-21-13)16-12(17)8-20-10-4-2-3-9(15)7-10/h2-7H,8H2,1H3,(H,16,17). The molecule has 1 aromatic heterocycles. The third-order valence-corrected chi connectivity index (χ3v) is 3.37. The first-order chi connectivity index (χ1) is 10.1. The number of methoxy groups -OCH3 is 1. The van der Waals surface area contributed by atoms with E-state index in [1.54, 1.807) is 17.5 Å². The molecule has 110 valence electrons. The topological polar surface area (TPSA) is 64.6 Å². The van der Waals surface area contributed by atoms with Gasteiger partial charge >= 0.3 is 5.97 Å². The van der Waals surface area contributed by atoms with E-state index in [4.69, 9.17) is 4.74 Å². The van der Waals surface area contributed by atoms with Gasteiger partial charge in [-0.25, -0.2) is 9.18 Å². The van der Waals surface area contributed by atoms with Gasteiger partial charge in [0.2, 0.25) is 0 Å². The van der Waals surface area contributed by atoms with Gasteiger partial charge in [0.25, 0.3) is 5.91 Å². The van der Waals surface area contributed by atoms with Crippen LogP contribution in [0.1, 0.15) is 9.67 Å². The van der Waals surface area contributed by atoms with E-state index in [-0.39, 0.29) is 12.4 Å². The fourth-order valence-electron chi connectivity index (χ4n) is 1.55. The van der Waals surface area contributed by atoms with Crippen LogP contribution in [0.25, 0.3) is 0 Å². The third-order valence-electron chi connectivity index (χ3n) is 2.48. The highest BCUT2D eigenvalue weighted by Gasteiger charge is 2.15. The first-order valence-corrected chi connectivity index (χ1v) is 6.82. The number of benzene rings is 1. The minimum Gasteiger partial charge on any atom is -0.484 e. The van der Waals surface area contributed by atoms with Crippen LogP contribution in [0.3, 0.4) is 0 Å². The molecule has 2 aromatic rings. The van der Waals surface area contributed by atoms with Gasteiger partial charge < -0.3 is 14.8 Å². The highest BCUT2D eigenvalue weighted by atomic mass is 32.1. The molecule has 2 rings (SSSR count). The van der Waals surface area contributed by atoms with Crippen LogP contribution in [-0.4, -0.2) is 25.6 Å². The zero-order chi connectivity index (χ0) is 15.2. The van der Waals surface area contributed by atoms with Crippen LogP contribution in [0.2, 0.25) is 0 Å². The fourth-order valence-corrected chi connectivity index (χ4v) is 2.32. The Balaban J connectivity index is 1.93. The lowest BCUT2D eigenvalue weighted by atomic mass is 10.3. The number of amides is 1. The zero-order valence-electron chi connectivity index (χ0n) is 11.1. The molecular weight excluding hydrogens is 297 g/mol. The molecule has 21 heavy (non-hydrogen) atoms. The number of halogens is 1. The summed E-state index contributed by atoms with van der Waals surface area (Å²) in [5.74, 6) is -1.17. The number of hydrogen-bond donors (Lipinski definition) is 1. The van der Waals surface area contributed by atoms with Crippen LogP contribution in [0.15, 0.2) is 35.7 Å². The summed E-state index contributed by atoms with van der Waals surface area (Å²) in [7, 11) is 1.26. The Labute approximate surface area is 124 Å². The molecule has 0 saturated heterocycles. The Morgan fingerprint density at radius 3 is 2.86 bits per heavy atom. The lowest BCUT2D eigenvalue weighted by Crippen LogP contribution is -2.21. The van der Waals surface area contributed by atoms with Gasteiger partial charge in [-0.3, -0.25) is 4.79 Å². The summed E-state index contributed by atoms with van der Waals surface area (Å²) in [6.45, 7) is -0.292. The Kier molecular flexibility index (Phi) is 4.89. The molecule has 0 aliphatic carbocycles. The molecule has 0 bridgehead atoms. The number of nitrogens with one attached hydrogen (secondary N) is 1. The summed E-state index contributed by atoms with van der Waals surface area (Å²) >= 11 is 1.16. The monoisotopic (exact) mass is 309 g/mol. The molecule has 0 saturated carbocycles. The lowest BCUT2D eigenvalue weighted by Gasteiger charge is -2.07. The van der Waals surface area contributed by atoms with Crippen LogP contribution in [0.4, 0.5) is 10.1 Å². The van der Waals surface area contributed by atoms with Crippen LogP contribution in [0.5, 0.6) is 5.75 Å². The molecule has 0 aliphatic rings. The first-order valence-electron chi connectivity index (χ1n) is 5.94. The van der Waals surface area contributed by atoms with Crippen molar-refractivity contribution in [3.8, 4) is 5.75 Å². The smallest absolute Gasteiger partial charge is 0.350 e. The van der Waals surface area contributed by atoms with Gasteiger partial charge in [0.05, 0.1) is 12.8 Å². The predicted octanol–water partition coefficient (Wildman–Crippen LogP) is 2.69. The number of anilines is 1. The van der Waals surface area contributed by atoms with Crippen LogP contribution in [0, 0.1) is 5.82 Å². The number of carbonyl (C=O) groups is 2. The van der Waals surface area contributed by atoms with Gasteiger partial charge in [-0.1, -0.05) is 6.07 Å². The SMILES string of the molecule is COC(=O)c1sccc1NC(=O)COc1cccc(F)c1. The van der Waals surface area contributed by atoms with Crippen molar-refractivity contribution in [2.75, 3.05) is 19.0 Å². The van der Waals surface area contributed by atoms with Crippen molar-refractivity contribution < 1.29 is 23.5 Å². The molecule has 0 atom stereocenters. The summed E-state index contributed by atoms with van der Waals surface area (Å²) in [4.78, 5) is 23.5. The zero-order valence-corrected chi connectivity index (χ0v) is 11.9. The number of hydrogen-bond acceptors (Lipinski definition) is 5. The van der Waals surface area contributed by atoms with E-state index in [0.29, 0.717) is 10.6 Å². The van der Waals surface area contributed by atoms with E-state index >= 15 is 0 Å². The van der Waals surface area contributed by atoms with Crippen LogP contribution >= 0.6 is 11.3 Å². The minimum absolute atomic E-state index is 0.253. The molecule has 0 radical (unpaired) electrons. The first kappa shape index (κ1) is 15.0. The highest BCUT2D eigenvalue weighted by Crippen LogP contribution is 2.23. The van der Waals surface area contributed by atoms with E-state index in [1.165, 1.54) is 25.3 Å². The Hall–Kier alpha value is -2.41. The molecule has 1 N–H and O–H groups in total. The van der Waals surface area contributed by atoms with Gasteiger partial charge in [0.15, 0.2) is 6.61 Å². The van der Waals surface area contributed by atoms with Crippen molar-refractivity contribution in [2.24, 2.45) is 0 Å². The number of ether oxygens (including phenoxy) is 2. The lowest BCUT2D eigenvalue weighted by molar-refractivity contribution is -0.118. The van der Waals surface area contributed by atoms with Gasteiger partial charge in [0.1, 0.15) is 16.4 Å². The number of esters is 1. The fraction of sp³-hybridized carbons (Fsp3) is 0.143. The van der Waals surface area contributed by atoms with Crippen molar-refractivity contribution in [1.29, 1.82) is 0 Å². The Morgan fingerprint density at radius 2 is 2.14 bits per heavy atom. The number of carbonyl (C=O) groups excluding carboxylic acids is 2. The maximum absolute atomic E-state index is 12.9.